The van der Waals surface area contributed by atoms with Gasteiger partial charge in [0, 0.05) is 44.2 Å². The Morgan fingerprint density at radius 1 is 1.17 bits per heavy atom. The Morgan fingerprint density at radius 3 is 2.21 bits per heavy atom. The fourth-order valence-electron chi connectivity index (χ4n) is 2.61. The number of hydrogen-bond acceptors (Lipinski definition) is 4. The first-order valence-corrected chi connectivity index (χ1v) is 10.0. The third-order valence-corrected chi connectivity index (χ3v) is 6.03. The summed E-state index contributed by atoms with van der Waals surface area (Å²) < 4.78 is 26.9. The van der Waals surface area contributed by atoms with Gasteiger partial charge in [0.15, 0.2) is 0 Å². The Kier molecular flexibility index (Phi) is 6.77. The highest BCUT2D eigenvalue weighted by Gasteiger charge is 2.23. The zero-order valence-electron chi connectivity index (χ0n) is 14.4. The molecular weight excluding hydrogens is 326 g/mol. The lowest BCUT2D eigenvalue weighted by Crippen LogP contribution is -2.48. The second-order valence-electron chi connectivity index (χ2n) is 6.16. The maximum atomic E-state index is 12.7. The number of nitrogens with zero attached hydrogens (tertiary/aromatic N) is 1. The summed E-state index contributed by atoms with van der Waals surface area (Å²) >= 11 is 0. The van der Waals surface area contributed by atoms with Gasteiger partial charge in [-0.2, -0.15) is 4.31 Å². The van der Waals surface area contributed by atoms with E-state index in [1.54, 1.807) is 12.1 Å². The molecule has 0 aliphatic carbocycles. The van der Waals surface area contributed by atoms with E-state index in [9.17, 15) is 13.2 Å². The monoisotopic (exact) mass is 353 g/mol. The average molecular weight is 353 g/mol. The summed E-state index contributed by atoms with van der Waals surface area (Å²) in [4.78, 5) is 12.3. The summed E-state index contributed by atoms with van der Waals surface area (Å²) in [5, 5.41) is 6.04. The van der Waals surface area contributed by atoms with Crippen LogP contribution in [0.15, 0.2) is 29.2 Å². The molecule has 7 heteroatoms. The van der Waals surface area contributed by atoms with E-state index in [1.165, 1.54) is 16.4 Å². The van der Waals surface area contributed by atoms with Crippen LogP contribution < -0.4 is 10.6 Å². The predicted octanol–water partition coefficient (Wildman–Crippen LogP) is 1.45. The normalized spacial score (nSPS) is 15.3. The first kappa shape index (κ1) is 18.9. The third-order valence-electron chi connectivity index (χ3n) is 4.12. The van der Waals surface area contributed by atoms with Crippen molar-refractivity contribution in [1.29, 1.82) is 0 Å². The third kappa shape index (κ3) is 4.55. The van der Waals surface area contributed by atoms with Gasteiger partial charge in [-0.15, -0.1) is 0 Å². The van der Waals surface area contributed by atoms with Gasteiger partial charge in [0.2, 0.25) is 10.0 Å². The number of carbonyl (C=O) groups excluding carboxylic acids is 1. The zero-order chi connectivity index (χ0) is 17.6. The van der Waals surface area contributed by atoms with Gasteiger partial charge in [-0.3, -0.25) is 4.79 Å². The first-order chi connectivity index (χ1) is 11.5. The quantitative estimate of drug-likeness (QED) is 0.704. The molecule has 134 valence electrons. The lowest BCUT2D eigenvalue weighted by Gasteiger charge is -2.27. The Hall–Kier alpha value is -1.44. The lowest BCUT2D eigenvalue weighted by molar-refractivity contribution is 0.0942. The van der Waals surface area contributed by atoms with E-state index in [0.29, 0.717) is 31.1 Å². The van der Waals surface area contributed by atoms with Gasteiger partial charge >= 0.3 is 0 Å². The molecule has 1 saturated heterocycles. The van der Waals surface area contributed by atoms with Crippen LogP contribution in [0.1, 0.15) is 37.0 Å². The van der Waals surface area contributed by atoms with Gasteiger partial charge in [-0.05, 0) is 37.1 Å². The minimum atomic E-state index is -3.50. The minimum absolute atomic E-state index is 0.162. The molecule has 24 heavy (non-hydrogen) atoms. The van der Waals surface area contributed by atoms with E-state index in [4.69, 9.17) is 0 Å². The molecule has 1 aliphatic rings. The zero-order valence-corrected chi connectivity index (χ0v) is 15.2. The summed E-state index contributed by atoms with van der Waals surface area (Å²) in [6, 6.07) is 6.20. The highest BCUT2D eigenvalue weighted by molar-refractivity contribution is 7.89. The molecule has 1 aromatic carbocycles. The summed E-state index contributed by atoms with van der Waals surface area (Å²) in [5.41, 5.74) is 0.485. The fraction of sp³-hybridized carbons (Fsp3) is 0.588. The van der Waals surface area contributed by atoms with Gasteiger partial charge in [-0.25, -0.2) is 8.42 Å². The first-order valence-electron chi connectivity index (χ1n) is 8.58. The predicted molar refractivity (Wildman–Crippen MR) is 94.5 cm³/mol. The van der Waals surface area contributed by atoms with Crippen LogP contribution in [0.2, 0.25) is 0 Å². The molecule has 0 atom stereocenters. The highest BCUT2D eigenvalue weighted by atomic mass is 32.2. The van der Waals surface area contributed by atoms with Crippen molar-refractivity contribution in [3.05, 3.63) is 29.8 Å². The van der Waals surface area contributed by atoms with Crippen LogP contribution in [0.5, 0.6) is 0 Å². The lowest BCUT2D eigenvalue weighted by atomic mass is 10.0. The summed E-state index contributed by atoms with van der Waals surface area (Å²) in [7, 11) is -3.50. The van der Waals surface area contributed by atoms with Crippen molar-refractivity contribution in [3.63, 3.8) is 0 Å². The molecule has 0 bridgehead atoms. The molecule has 0 radical (unpaired) electrons. The van der Waals surface area contributed by atoms with Crippen molar-refractivity contribution < 1.29 is 13.2 Å². The van der Waals surface area contributed by atoms with Gasteiger partial charge in [0.05, 0.1) is 4.90 Å². The van der Waals surface area contributed by atoms with Crippen LogP contribution in [-0.4, -0.2) is 51.4 Å². The van der Waals surface area contributed by atoms with Crippen molar-refractivity contribution >= 4 is 15.9 Å². The van der Waals surface area contributed by atoms with E-state index >= 15 is 0 Å². The number of rotatable bonds is 9. The van der Waals surface area contributed by atoms with Crippen LogP contribution in [-0.2, 0) is 10.0 Å². The van der Waals surface area contributed by atoms with Crippen LogP contribution in [0.3, 0.4) is 0 Å². The van der Waals surface area contributed by atoms with Gasteiger partial charge in [-0.1, -0.05) is 13.8 Å². The molecule has 0 aromatic heterocycles. The summed E-state index contributed by atoms with van der Waals surface area (Å²) in [5.74, 6) is 0.329. The van der Waals surface area contributed by atoms with Gasteiger partial charge in [0.25, 0.3) is 5.91 Å². The maximum absolute atomic E-state index is 12.7. The maximum Gasteiger partial charge on any atom is 0.251 e. The number of carbonyl (C=O) groups is 1. The number of benzene rings is 1. The van der Waals surface area contributed by atoms with E-state index in [0.717, 1.165) is 25.9 Å². The number of hydrogen-bond donors (Lipinski definition) is 2. The standard InChI is InChI=1S/C17H27N3O3S/c1-3-9-20(10-4-2)24(22,23)16-7-5-15(6-8-16)17(21)19-13-14-11-18-12-14/h5-8,14,18H,3-4,9-13H2,1-2H3,(H,19,21). The van der Waals surface area contributed by atoms with Crippen molar-refractivity contribution in [2.24, 2.45) is 5.92 Å². The van der Waals surface area contributed by atoms with E-state index in [1.807, 2.05) is 13.8 Å². The molecule has 1 fully saturated rings. The Labute approximate surface area is 144 Å². The average Bonchev–Trinajstić information content (AvgIpc) is 2.53. The fourth-order valence-corrected chi connectivity index (χ4v) is 4.23. The topological polar surface area (TPSA) is 78.5 Å². The molecule has 1 amide bonds. The minimum Gasteiger partial charge on any atom is -0.352 e. The van der Waals surface area contributed by atoms with Gasteiger partial charge in [0.1, 0.15) is 0 Å². The summed E-state index contributed by atoms with van der Waals surface area (Å²) in [6.07, 6.45) is 1.55. The number of amides is 1. The summed E-state index contributed by atoms with van der Waals surface area (Å²) in [6.45, 7) is 7.45. The van der Waals surface area contributed by atoms with E-state index in [-0.39, 0.29) is 10.8 Å². The van der Waals surface area contributed by atoms with E-state index in [2.05, 4.69) is 10.6 Å². The molecule has 6 nitrogen and oxygen atoms in total. The largest absolute Gasteiger partial charge is 0.352 e. The molecule has 0 spiro atoms. The Bertz CT molecular complexity index is 634. The van der Waals surface area contributed by atoms with Crippen molar-refractivity contribution in [1.82, 2.24) is 14.9 Å². The van der Waals surface area contributed by atoms with Crippen LogP contribution in [0, 0.1) is 5.92 Å². The van der Waals surface area contributed by atoms with Gasteiger partial charge < -0.3 is 10.6 Å². The molecule has 0 unspecified atom stereocenters. The van der Waals surface area contributed by atoms with Crippen LogP contribution in [0.25, 0.3) is 0 Å². The SMILES string of the molecule is CCCN(CCC)S(=O)(=O)c1ccc(C(=O)NCC2CNC2)cc1. The van der Waals surface area contributed by atoms with E-state index < -0.39 is 10.0 Å². The molecule has 2 rings (SSSR count). The van der Waals surface area contributed by atoms with Crippen molar-refractivity contribution in [2.45, 2.75) is 31.6 Å². The Morgan fingerprint density at radius 2 is 1.75 bits per heavy atom. The second-order valence-corrected chi connectivity index (χ2v) is 8.10. The number of nitrogens with one attached hydrogen (secondary N) is 2. The smallest absolute Gasteiger partial charge is 0.251 e. The molecule has 2 N–H and O–H groups in total. The van der Waals surface area contributed by atoms with Crippen LogP contribution >= 0.6 is 0 Å². The Balaban J connectivity index is 2.04. The molecule has 1 aromatic rings. The van der Waals surface area contributed by atoms with Crippen molar-refractivity contribution in [3.8, 4) is 0 Å². The molecule has 1 aliphatic heterocycles. The molecule has 1 heterocycles. The molecular formula is C17H27N3O3S. The van der Waals surface area contributed by atoms with Crippen LogP contribution in [0.4, 0.5) is 0 Å². The van der Waals surface area contributed by atoms with Crippen molar-refractivity contribution in [2.75, 3.05) is 32.7 Å². The highest BCUT2D eigenvalue weighted by Crippen LogP contribution is 2.17. The second kappa shape index (κ2) is 8.60. The number of sulfonamides is 1. The molecule has 0 saturated carbocycles.